The molecule has 1 aromatic carbocycles. The number of nitro benzene ring substituents is 1. The van der Waals surface area contributed by atoms with Gasteiger partial charge < -0.3 is 13.8 Å². The number of carbonyl (C=O) groups excluding carboxylic acids is 1. The van der Waals surface area contributed by atoms with E-state index in [0.717, 1.165) is 51.6 Å². The second-order valence-electron chi connectivity index (χ2n) is 8.45. The zero-order chi connectivity index (χ0) is 27.3. The molecule has 0 aliphatic heterocycles. The van der Waals surface area contributed by atoms with Gasteiger partial charge >= 0.3 is 6.09 Å². The van der Waals surface area contributed by atoms with Gasteiger partial charge in [-0.1, -0.05) is 51.8 Å². The molecule has 37 heavy (non-hydrogen) atoms. The highest BCUT2D eigenvalue weighted by atomic mass is 31.2. The Balaban J connectivity index is 2.18. The van der Waals surface area contributed by atoms with Crippen molar-refractivity contribution in [3.8, 4) is 6.07 Å². The Kier molecular flexibility index (Phi) is 18.3. The third kappa shape index (κ3) is 14.2. The first-order valence-corrected chi connectivity index (χ1v) is 14.0. The third-order valence-electron chi connectivity index (χ3n) is 5.24. The van der Waals surface area contributed by atoms with Crippen molar-refractivity contribution in [3.63, 3.8) is 0 Å². The predicted molar refractivity (Wildman–Crippen MR) is 142 cm³/mol. The number of rotatable bonds is 21. The molecule has 1 rings (SSSR count). The summed E-state index contributed by atoms with van der Waals surface area (Å²) in [6, 6.07) is 8.50. The van der Waals surface area contributed by atoms with E-state index in [-0.39, 0.29) is 18.2 Å². The van der Waals surface area contributed by atoms with Crippen molar-refractivity contribution in [1.29, 1.82) is 5.26 Å². The minimum absolute atomic E-state index is 0.00282. The summed E-state index contributed by atoms with van der Waals surface area (Å²) in [5.41, 5.74) is 2.75. The van der Waals surface area contributed by atoms with E-state index in [2.05, 4.69) is 30.1 Å². The minimum atomic E-state index is -1.15. The van der Waals surface area contributed by atoms with E-state index in [0.29, 0.717) is 31.8 Å². The molecule has 11 nitrogen and oxygen atoms in total. The molecule has 0 aromatic heterocycles. The van der Waals surface area contributed by atoms with Crippen LogP contribution in [0.1, 0.15) is 77.2 Å². The molecule has 0 aliphatic rings. The van der Waals surface area contributed by atoms with Gasteiger partial charge in [0, 0.05) is 30.6 Å². The summed E-state index contributed by atoms with van der Waals surface area (Å²) in [5, 5.41) is 19.9. The van der Waals surface area contributed by atoms with E-state index >= 15 is 0 Å². The van der Waals surface area contributed by atoms with Gasteiger partial charge in [-0.15, -0.1) is 0 Å². The highest BCUT2D eigenvalue weighted by Crippen LogP contribution is 2.43. The molecule has 0 fully saturated rings. The summed E-state index contributed by atoms with van der Waals surface area (Å²) in [6.07, 6.45) is 5.15. The Morgan fingerprint density at radius 2 is 1.76 bits per heavy atom. The summed E-state index contributed by atoms with van der Waals surface area (Å²) in [6.45, 7) is 9.14. The summed E-state index contributed by atoms with van der Waals surface area (Å²) in [7, 11) is -1.15. The van der Waals surface area contributed by atoms with Crippen LogP contribution in [-0.2, 0) is 18.6 Å². The Morgan fingerprint density at radius 1 is 1.11 bits per heavy atom. The van der Waals surface area contributed by atoms with Gasteiger partial charge in [-0.3, -0.25) is 15.0 Å². The number of benzene rings is 1. The molecular weight excluding hydrogens is 499 g/mol. The van der Waals surface area contributed by atoms with Gasteiger partial charge in [-0.25, -0.2) is 9.46 Å². The van der Waals surface area contributed by atoms with Gasteiger partial charge in [0.05, 0.1) is 37.2 Å². The monoisotopic (exact) mass is 540 g/mol. The number of nitriles is 1. The lowest BCUT2D eigenvalue weighted by Crippen LogP contribution is -2.26. The van der Waals surface area contributed by atoms with Crippen molar-refractivity contribution in [2.45, 2.75) is 71.6 Å². The average molecular weight is 541 g/mol. The standard InChI is InChI=1S/C25H41N4O7P/c1-4-16-28(17-5-2)37(36-20-12-15-26)35-19-11-7-6-10-18-34-27-25(30)33-21-22(3)23-13-8-9-14-24(23)29(31)32/h8-9,13-14,22H,4-7,10-12,16-21H2,1-3H3,(H,27,30). The zero-order valence-electron chi connectivity index (χ0n) is 22.2. The van der Waals surface area contributed by atoms with Crippen molar-refractivity contribution >= 4 is 20.3 Å². The van der Waals surface area contributed by atoms with Gasteiger partial charge in [-0.2, -0.15) is 10.7 Å². The summed E-state index contributed by atoms with van der Waals surface area (Å²) in [5.74, 6) is -0.330. The summed E-state index contributed by atoms with van der Waals surface area (Å²) >= 11 is 0. The molecule has 2 unspecified atom stereocenters. The molecule has 1 aromatic rings. The molecule has 1 N–H and O–H groups in total. The Morgan fingerprint density at radius 3 is 2.41 bits per heavy atom. The maximum Gasteiger partial charge on any atom is 0.431 e. The fraction of sp³-hybridized carbons (Fsp3) is 0.680. The largest absolute Gasteiger partial charge is 0.447 e. The number of carbonyl (C=O) groups is 1. The molecule has 0 heterocycles. The molecule has 2 atom stereocenters. The number of para-hydroxylation sites is 1. The van der Waals surface area contributed by atoms with Crippen molar-refractivity contribution < 1.29 is 28.3 Å². The lowest BCUT2D eigenvalue weighted by Gasteiger charge is -2.28. The number of nitro groups is 1. The highest BCUT2D eigenvalue weighted by Gasteiger charge is 2.21. The lowest BCUT2D eigenvalue weighted by atomic mass is 10.0. The van der Waals surface area contributed by atoms with Crippen molar-refractivity contribution in [2.75, 3.05) is 39.5 Å². The minimum Gasteiger partial charge on any atom is -0.447 e. The number of hydroxylamine groups is 1. The Hall–Kier alpha value is -2.35. The molecule has 0 aliphatic carbocycles. The van der Waals surface area contributed by atoms with Crippen LogP contribution in [0.15, 0.2) is 24.3 Å². The molecule has 0 saturated heterocycles. The van der Waals surface area contributed by atoms with Crippen LogP contribution in [0.4, 0.5) is 10.5 Å². The molecule has 12 heteroatoms. The number of amides is 1. The zero-order valence-corrected chi connectivity index (χ0v) is 23.1. The van der Waals surface area contributed by atoms with E-state index in [9.17, 15) is 14.9 Å². The number of nitrogens with zero attached hydrogens (tertiary/aromatic N) is 3. The van der Waals surface area contributed by atoms with E-state index in [4.69, 9.17) is 23.9 Å². The van der Waals surface area contributed by atoms with Crippen LogP contribution in [0, 0.1) is 21.4 Å². The first-order chi connectivity index (χ1) is 17.9. The van der Waals surface area contributed by atoms with Crippen molar-refractivity contribution in [2.24, 2.45) is 0 Å². The Labute approximate surface area is 221 Å². The van der Waals surface area contributed by atoms with Crippen LogP contribution >= 0.6 is 8.53 Å². The van der Waals surface area contributed by atoms with E-state index in [1.165, 1.54) is 6.07 Å². The SMILES string of the molecule is CCCN(CCC)P(OCCC#N)OCCCCCCONC(=O)OCC(C)c1ccccc1[N+](=O)[O-]. The van der Waals surface area contributed by atoms with Gasteiger partial charge in [0.2, 0.25) is 0 Å². The molecule has 0 spiro atoms. The number of hydrogen-bond donors (Lipinski definition) is 1. The van der Waals surface area contributed by atoms with Crippen molar-refractivity contribution in [3.05, 3.63) is 39.9 Å². The molecule has 208 valence electrons. The summed E-state index contributed by atoms with van der Waals surface area (Å²) < 4.78 is 19.2. The first-order valence-electron chi connectivity index (χ1n) is 12.9. The first kappa shape index (κ1) is 32.7. The van der Waals surface area contributed by atoms with Gasteiger partial charge in [0.15, 0.2) is 0 Å². The maximum atomic E-state index is 11.8. The van der Waals surface area contributed by atoms with Crippen LogP contribution < -0.4 is 5.48 Å². The van der Waals surface area contributed by atoms with Gasteiger partial charge in [-0.05, 0) is 25.7 Å². The maximum absolute atomic E-state index is 11.8. The van der Waals surface area contributed by atoms with Crippen LogP contribution in [0.25, 0.3) is 0 Å². The van der Waals surface area contributed by atoms with E-state index in [1.807, 2.05) is 0 Å². The number of hydrogen-bond acceptors (Lipinski definition) is 9. The molecule has 0 bridgehead atoms. The molecular formula is C25H41N4O7P. The van der Waals surface area contributed by atoms with Crippen molar-refractivity contribution in [1.82, 2.24) is 10.2 Å². The molecule has 1 amide bonds. The number of ether oxygens (including phenoxy) is 1. The molecule has 0 radical (unpaired) electrons. The number of nitrogens with one attached hydrogen (secondary N) is 1. The highest BCUT2D eigenvalue weighted by molar-refractivity contribution is 7.44. The predicted octanol–water partition coefficient (Wildman–Crippen LogP) is 6.21. The smallest absolute Gasteiger partial charge is 0.431 e. The van der Waals surface area contributed by atoms with Gasteiger partial charge in [0.25, 0.3) is 14.2 Å². The molecule has 0 saturated carbocycles. The number of unbranched alkanes of at least 4 members (excludes halogenated alkanes) is 3. The van der Waals surface area contributed by atoms with Crippen LogP contribution in [0.5, 0.6) is 0 Å². The fourth-order valence-electron chi connectivity index (χ4n) is 3.43. The topological polar surface area (TPSA) is 136 Å². The van der Waals surface area contributed by atoms with Gasteiger partial charge in [0.1, 0.15) is 6.61 Å². The quantitative estimate of drug-likeness (QED) is 0.0834. The Bertz CT molecular complexity index is 818. The second-order valence-corrected chi connectivity index (χ2v) is 10.0. The second kappa shape index (κ2) is 20.7. The normalized spacial score (nSPS) is 12.6. The lowest BCUT2D eigenvalue weighted by molar-refractivity contribution is -0.385. The average Bonchev–Trinajstić information content (AvgIpc) is 2.89. The van der Waals surface area contributed by atoms with Crippen LogP contribution in [-0.4, -0.2) is 55.2 Å². The fourth-order valence-corrected chi connectivity index (χ4v) is 5.09. The van der Waals surface area contributed by atoms with E-state index < -0.39 is 19.5 Å². The summed E-state index contributed by atoms with van der Waals surface area (Å²) in [4.78, 5) is 27.7. The third-order valence-corrected chi connectivity index (χ3v) is 6.91. The van der Waals surface area contributed by atoms with E-state index in [1.54, 1.807) is 25.1 Å². The van der Waals surface area contributed by atoms with Crippen LogP contribution in [0.2, 0.25) is 0 Å². The van der Waals surface area contributed by atoms with Crippen LogP contribution in [0.3, 0.4) is 0 Å².